The van der Waals surface area contributed by atoms with Crippen molar-refractivity contribution in [3.05, 3.63) is 0 Å². The SMILES string of the molecule is O=C([O-])C(Br)(Br)Br.O=C([O-])C(Br)(Br)Br.O=C([O-])C(Br)(Br)Br.[In+3]. The predicted octanol–water partition coefficient (Wildman–Crippen LogP) is 1.34. The van der Waals surface area contributed by atoms with E-state index in [1.807, 2.05) is 0 Å². The molecule has 0 spiro atoms. The van der Waals surface area contributed by atoms with Gasteiger partial charge in [-0.25, -0.2) is 0 Å². The second-order valence-electron chi connectivity index (χ2n) is 2.36. The molecule has 0 unspecified atom stereocenters. The maximum absolute atomic E-state index is 9.77. The largest absolute Gasteiger partial charge is 3.00 e. The van der Waals surface area contributed by atoms with Crippen molar-refractivity contribution in [3.8, 4) is 0 Å². The van der Waals surface area contributed by atoms with Crippen LogP contribution in [0.1, 0.15) is 0 Å². The molecule has 0 aromatic rings. The second-order valence-corrected chi connectivity index (χ2v) is 22.6. The first-order valence-corrected chi connectivity index (χ1v) is 10.8. The van der Waals surface area contributed by atoms with E-state index in [1.165, 1.54) is 0 Å². The summed E-state index contributed by atoms with van der Waals surface area (Å²) in [6.45, 7) is 0. The van der Waals surface area contributed by atoms with E-state index in [2.05, 4.69) is 143 Å². The predicted molar refractivity (Wildman–Crippen MR) is 109 cm³/mol. The zero-order valence-electron chi connectivity index (χ0n) is 9.43. The van der Waals surface area contributed by atoms with Gasteiger partial charge < -0.3 is 29.7 Å². The number of alkyl halides is 9. The Kier molecular flexibility index (Phi) is 22.1. The Balaban J connectivity index is -0.000000108. The number of halogens is 9. The fourth-order valence-corrected chi connectivity index (χ4v) is 0. The van der Waals surface area contributed by atoms with E-state index in [4.69, 9.17) is 0 Å². The molecule has 22 heavy (non-hydrogen) atoms. The number of aliphatic carboxylic acids is 3. The Morgan fingerprint density at radius 3 is 0.545 bits per heavy atom. The van der Waals surface area contributed by atoms with Gasteiger partial charge in [0.05, 0.1) is 17.9 Å². The van der Waals surface area contributed by atoms with Crippen LogP contribution in [0.5, 0.6) is 0 Å². The van der Waals surface area contributed by atoms with Crippen molar-refractivity contribution >= 4 is 187 Å². The van der Waals surface area contributed by atoms with Gasteiger partial charge in [0.15, 0.2) is 6.43 Å². The number of hydrogen-bond acceptors (Lipinski definition) is 6. The summed E-state index contributed by atoms with van der Waals surface area (Å²) in [5, 5.41) is 29.3. The van der Waals surface area contributed by atoms with Crippen molar-refractivity contribution < 1.29 is 29.7 Å². The summed E-state index contributed by atoms with van der Waals surface area (Å²) in [5.41, 5.74) is 0. The fourth-order valence-electron chi connectivity index (χ4n) is 0. The average molecular weight is 1000 g/mol. The molecule has 0 saturated carbocycles. The molecule has 0 atom stereocenters. The Hall–Kier alpha value is 3.60. The summed E-state index contributed by atoms with van der Waals surface area (Å²) < 4.78 is -3.77. The van der Waals surface area contributed by atoms with Crippen LogP contribution in [-0.2, 0) is 14.4 Å². The van der Waals surface area contributed by atoms with Crippen molar-refractivity contribution in [2.75, 3.05) is 0 Å². The van der Waals surface area contributed by atoms with Gasteiger partial charge in [-0.2, -0.15) is 0 Å². The van der Waals surface area contributed by atoms with Gasteiger partial charge in [0, 0.05) is 0 Å². The normalized spacial score (nSPS) is 10.8. The topological polar surface area (TPSA) is 120 Å². The third kappa shape index (κ3) is 25.8. The minimum absolute atomic E-state index is 0. The van der Waals surface area contributed by atoms with Crippen molar-refractivity contribution in [1.29, 1.82) is 0 Å². The van der Waals surface area contributed by atoms with E-state index in [-0.39, 0.29) is 25.8 Å². The standard InChI is InChI=1S/3C2HBr3O2.In/c3*3-2(4,5)1(6)7;/h3*(H,6,7);/q;;;+3/p-3. The molecule has 0 aliphatic rings. The monoisotopic (exact) mass is 993 g/mol. The number of carbonyl (C=O) groups excluding carboxylic acids is 3. The maximum Gasteiger partial charge on any atom is 3.00 e. The molecule has 0 saturated heterocycles. The van der Waals surface area contributed by atoms with E-state index < -0.39 is 24.3 Å². The van der Waals surface area contributed by atoms with Crippen molar-refractivity contribution in [3.63, 3.8) is 0 Å². The molecule has 0 aliphatic carbocycles. The van der Waals surface area contributed by atoms with Gasteiger partial charge in [-0.15, -0.1) is 0 Å². The summed E-state index contributed by atoms with van der Waals surface area (Å²) in [7, 11) is 0. The minimum atomic E-state index is -1.26. The van der Waals surface area contributed by atoms with Crippen LogP contribution in [0, 0.1) is 0 Å². The van der Waals surface area contributed by atoms with Crippen LogP contribution < -0.4 is 15.3 Å². The Labute approximate surface area is 219 Å². The molecule has 0 fully saturated rings. The van der Waals surface area contributed by atoms with Gasteiger partial charge in [-0.05, 0) is 0 Å². The van der Waals surface area contributed by atoms with Crippen molar-refractivity contribution in [2.24, 2.45) is 0 Å². The number of carboxylic acid groups (broad SMARTS) is 3. The molecule has 0 aromatic carbocycles. The molecule has 0 rings (SSSR count). The smallest absolute Gasteiger partial charge is 0.547 e. The first kappa shape index (κ1) is 33.2. The second kappa shape index (κ2) is 14.6. The summed E-state index contributed by atoms with van der Waals surface area (Å²) in [4.78, 5) is 29.3. The molecule has 0 aromatic heterocycles. The Morgan fingerprint density at radius 2 is 0.545 bits per heavy atom. The zero-order chi connectivity index (χ0) is 18.2. The molecule has 0 aliphatic heterocycles. The number of carbonyl (C=O) groups is 3. The van der Waals surface area contributed by atoms with Gasteiger partial charge in [0.2, 0.25) is 0 Å². The molecule has 16 heteroatoms. The van der Waals surface area contributed by atoms with Crippen LogP contribution in [0.25, 0.3) is 0 Å². The van der Waals surface area contributed by atoms with Crippen LogP contribution in [0.15, 0.2) is 0 Å². The third-order valence-corrected chi connectivity index (χ3v) is 3.61. The van der Waals surface area contributed by atoms with Gasteiger partial charge in [-0.3, -0.25) is 0 Å². The zero-order valence-corrected chi connectivity index (χ0v) is 27.0. The average Bonchev–Trinajstić information content (AvgIpc) is 2.14. The van der Waals surface area contributed by atoms with Crippen LogP contribution >= 0.6 is 143 Å². The summed E-state index contributed by atoms with van der Waals surface area (Å²) in [5.74, 6) is -3.77. The summed E-state index contributed by atoms with van der Waals surface area (Å²) in [6.07, 6.45) is 0. The van der Waals surface area contributed by atoms with Crippen LogP contribution in [0.4, 0.5) is 0 Å². The number of hydrogen-bond donors (Lipinski definition) is 0. The van der Waals surface area contributed by atoms with Gasteiger partial charge >= 0.3 is 25.8 Å². The summed E-state index contributed by atoms with van der Waals surface area (Å²) >= 11 is 24.4. The van der Waals surface area contributed by atoms with Crippen molar-refractivity contribution in [2.45, 2.75) is 6.43 Å². The van der Waals surface area contributed by atoms with Crippen LogP contribution in [-0.4, -0.2) is 50.2 Å². The Morgan fingerprint density at radius 1 is 0.500 bits per heavy atom. The van der Waals surface area contributed by atoms with Gasteiger partial charge in [0.1, 0.15) is 0 Å². The third-order valence-electron chi connectivity index (χ3n) is 0.694. The first-order chi connectivity index (χ1) is 8.83. The van der Waals surface area contributed by atoms with E-state index in [9.17, 15) is 29.7 Å². The summed E-state index contributed by atoms with van der Waals surface area (Å²) in [6, 6.07) is 0. The van der Waals surface area contributed by atoms with Crippen molar-refractivity contribution in [1.82, 2.24) is 0 Å². The fraction of sp³-hybridized carbons (Fsp3) is 0.500. The molecule has 0 N–H and O–H groups in total. The van der Waals surface area contributed by atoms with E-state index in [0.29, 0.717) is 0 Å². The van der Waals surface area contributed by atoms with Crippen LogP contribution in [0.2, 0.25) is 0 Å². The Bertz CT molecular complexity index is 313. The maximum atomic E-state index is 9.77. The van der Waals surface area contributed by atoms with E-state index in [0.717, 1.165) is 0 Å². The molecule has 6 nitrogen and oxygen atoms in total. The molecule has 0 bridgehead atoms. The molecular weight excluding hydrogens is 1000 g/mol. The quantitative estimate of drug-likeness (QED) is 0.339. The minimum Gasteiger partial charge on any atom is -0.547 e. The first-order valence-electron chi connectivity index (χ1n) is 3.68. The van der Waals surface area contributed by atoms with E-state index >= 15 is 0 Å². The molecule has 0 radical (unpaired) electrons. The molecule has 0 heterocycles. The molecular formula is C6Br9InO6. The molecule has 126 valence electrons. The van der Waals surface area contributed by atoms with Crippen LogP contribution in [0.3, 0.4) is 0 Å². The van der Waals surface area contributed by atoms with Gasteiger partial charge in [-0.1, -0.05) is 143 Å². The van der Waals surface area contributed by atoms with Gasteiger partial charge in [0.25, 0.3) is 0 Å². The number of rotatable bonds is 0. The number of carboxylic acids is 3. The van der Waals surface area contributed by atoms with E-state index in [1.54, 1.807) is 0 Å². The molecule has 0 amide bonds.